The van der Waals surface area contributed by atoms with Gasteiger partial charge in [0.15, 0.2) is 0 Å². The van der Waals surface area contributed by atoms with Crippen molar-refractivity contribution in [3.8, 4) is 11.5 Å². The van der Waals surface area contributed by atoms with Gasteiger partial charge >= 0.3 is 5.97 Å². The minimum atomic E-state index is -0.986. The zero-order chi connectivity index (χ0) is 15.9. The average molecular weight is 300 g/mol. The van der Waals surface area contributed by atoms with Crippen molar-refractivity contribution < 1.29 is 19.4 Å². The van der Waals surface area contributed by atoms with Crippen LogP contribution < -0.4 is 9.47 Å². The fraction of sp³-hybridized carbons (Fsp3) is 0.278. The SMILES string of the molecule is CCc1cc(CC)c(OCOc2ccccc2)c(C(=O)O)c1. The first-order chi connectivity index (χ1) is 10.7. The van der Waals surface area contributed by atoms with Crippen molar-refractivity contribution in [3.05, 3.63) is 59.2 Å². The van der Waals surface area contributed by atoms with E-state index in [1.54, 1.807) is 6.07 Å². The number of carboxylic acids is 1. The first-order valence-electron chi connectivity index (χ1n) is 7.35. The second-order valence-corrected chi connectivity index (χ2v) is 4.86. The van der Waals surface area contributed by atoms with Crippen molar-refractivity contribution in [1.82, 2.24) is 0 Å². The van der Waals surface area contributed by atoms with E-state index in [1.165, 1.54) is 0 Å². The minimum Gasteiger partial charge on any atom is -0.478 e. The Morgan fingerprint density at radius 2 is 1.77 bits per heavy atom. The molecule has 0 amide bonds. The molecule has 2 aromatic carbocycles. The van der Waals surface area contributed by atoms with E-state index < -0.39 is 5.97 Å². The van der Waals surface area contributed by atoms with Crippen molar-refractivity contribution in [2.45, 2.75) is 26.7 Å². The quantitative estimate of drug-likeness (QED) is 0.787. The second kappa shape index (κ2) is 7.50. The van der Waals surface area contributed by atoms with Gasteiger partial charge in [-0.15, -0.1) is 0 Å². The lowest BCUT2D eigenvalue weighted by atomic mass is 10.0. The number of rotatable bonds is 7. The highest BCUT2D eigenvalue weighted by Gasteiger charge is 2.16. The van der Waals surface area contributed by atoms with Gasteiger partial charge in [0.25, 0.3) is 0 Å². The summed E-state index contributed by atoms with van der Waals surface area (Å²) in [4.78, 5) is 11.5. The molecule has 0 unspecified atom stereocenters. The van der Waals surface area contributed by atoms with Crippen molar-refractivity contribution in [2.24, 2.45) is 0 Å². The van der Waals surface area contributed by atoms with Gasteiger partial charge in [0, 0.05) is 0 Å². The Morgan fingerprint density at radius 1 is 1.05 bits per heavy atom. The Hall–Kier alpha value is -2.49. The van der Waals surface area contributed by atoms with E-state index in [0.29, 0.717) is 17.9 Å². The van der Waals surface area contributed by atoms with Crippen molar-refractivity contribution in [1.29, 1.82) is 0 Å². The van der Waals surface area contributed by atoms with E-state index in [9.17, 15) is 9.90 Å². The Bertz CT molecular complexity index is 635. The molecule has 0 heterocycles. The Balaban J connectivity index is 2.19. The fourth-order valence-corrected chi connectivity index (χ4v) is 2.22. The number of carbonyl (C=O) groups is 1. The van der Waals surface area contributed by atoms with Crippen molar-refractivity contribution in [3.63, 3.8) is 0 Å². The third kappa shape index (κ3) is 3.79. The van der Waals surface area contributed by atoms with Crippen LogP contribution in [0.1, 0.15) is 35.3 Å². The molecule has 0 aliphatic heterocycles. The zero-order valence-electron chi connectivity index (χ0n) is 12.8. The molecule has 0 radical (unpaired) electrons. The van der Waals surface area contributed by atoms with Gasteiger partial charge in [-0.25, -0.2) is 4.79 Å². The number of hydrogen-bond acceptors (Lipinski definition) is 3. The molecular formula is C18H20O4. The van der Waals surface area contributed by atoms with E-state index in [4.69, 9.17) is 9.47 Å². The molecule has 116 valence electrons. The number of hydrogen-bond donors (Lipinski definition) is 1. The topological polar surface area (TPSA) is 55.8 Å². The summed E-state index contributed by atoms with van der Waals surface area (Å²) in [6.45, 7) is 3.95. The monoisotopic (exact) mass is 300 g/mol. The molecule has 0 aliphatic rings. The number of para-hydroxylation sites is 1. The third-order valence-corrected chi connectivity index (χ3v) is 3.42. The van der Waals surface area contributed by atoms with Crippen LogP contribution in [0.5, 0.6) is 11.5 Å². The van der Waals surface area contributed by atoms with Gasteiger partial charge in [-0.3, -0.25) is 0 Å². The first kappa shape index (κ1) is 15.9. The number of aromatic carboxylic acids is 1. The van der Waals surface area contributed by atoms with Gasteiger partial charge in [-0.2, -0.15) is 0 Å². The molecule has 1 N–H and O–H groups in total. The summed E-state index contributed by atoms with van der Waals surface area (Å²) < 4.78 is 11.1. The molecule has 0 spiro atoms. The van der Waals surface area contributed by atoms with Crippen LogP contribution in [-0.4, -0.2) is 17.9 Å². The highest BCUT2D eigenvalue weighted by Crippen LogP contribution is 2.27. The minimum absolute atomic E-state index is 0.0250. The largest absolute Gasteiger partial charge is 0.478 e. The molecule has 4 heteroatoms. The number of ether oxygens (including phenoxy) is 2. The molecule has 0 aliphatic carbocycles. The summed E-state index contributed by atoms with van der Waals surface area (Å²) in [5.74, 6) is 0.0884. The van der Waals surface area contributed by atoms with Crippen LogP contribution in [0.15, 0.2) is 42.5 Å². The number of aryl methyl sites for hydroxylation is 2. The van der Waals surface area contributed by atoms with Crippen LogP contribution in [0.4, 0.5) is 0 Å². The van der Waals surface area contributed by atoms with Crippen LogP contribution in [0.3, 0.4) is 0 Å². The lowest BCUT2D eigenvalue weighted by Crippen LogP contribution is -2.11. The standard InChI is InChI=1S/C18H20O4/c1-3-13-10-14(4-2)17(16(11-13)18(19)20)22-12-21-15-8-6-5-7-9-15/h5-11H,3-4,12H2,1-2H3,(H,19,20). The Labute approximate surface area is 130 Å². The van der Waals surface area contributed by atoms with Gasteiger partial charge in [-0.05, 0) is 42.2 Å². The maximum atomic E-state index is 11.5. The number of benzene rings is 2. The Morgan fingerprint density at radius 3 is 2.36 bits per heavy atom. The lowest BCUT2D eigenvalue weighted by Gasteiger charge is -2.15. The lowest BCUT2D eigenvalue weighted by molar-refractivity contribution is 0.0681. The first-order valence-corrected chi connectivity index (χ1v) is 7.35. The summed E-state index contributed by atoms with van der Waals surface area (Å²) in [6.07, 6.45) is 1.49. The summed E-state index contributed by atoms with van der Waals surface area (Å²) in [5, 5.41) is 9.40. The maximum Gasteiger partial charge on any atom is 0.339 e. The Kier molecular flexibility index (Phi) is 5.42. The second-order valence-electron chi connectivity index (χ2n) is 4.86. The predicted molar refractivity (Wildman–Crippen MR) is 84.7 cm³/mol. The highest BCUT2D eigenvalue weighted by atomic mass is 16.7. The van der Waals surface area contributed by atoms with Crippen LogP contribution in [0.25, 0.3) is 0 Å². The molecule has 0 bridgehead atoms. The average Bonchev–Trinajstić information content (AvgIpc) is 2.55. The molecule has 2 rings (SSSR count). The molecule has 22 heavy (non-hydrogen) atoms. The predicted octanol–water partition coefficient (Wildman–Crippen LogP) is 3.92. The summed E-state index contributed by atoms with van der Waals surface area (Å²) >= 11 is 0. The van der Waals surface area contributed by atoms with Crippen LogP contribution in [0.2, 0.25) is 0 Å². The smallest absolute Gasteiger partial charge is 0.339 e. The number of carboxylic acid groups (broad SMARTS) is 1. The molecule has 4 nitrogen and oxygen atoms in total. The van der Waals surface area contributed by atoms with E-state index >= 15 is 0 Å². The maximum absolute atomic E-state index is 11.5. The van der Waals surface area contributed by atoms with Crippen LogP contribution >= 0.6 is 0 Å². The molecule has 0 fully saturated rings. The third-order valence-electron chi connectivity index (χ3n) is 3.42. The summed E-state index contributed by atoms with van der Waals surface area (Å²) in [7, 11) is 0. The summed E-state index contributed by atoms with van der Waals surface area (Å²) in [5.41, 5.74) is 2.06. The zero-order valence-corrected chi connectivity index (χ0v) is 12.8. The van der Waals surface area contributed by atoms with E-state index in [2.05, 4.69) is 0 Å². The van der Waals surface area contributed by atoms with Gasteiger partial charge in [0.1, 0.15) is 17.1 Å². The van der Waals surface area contributed by atoms with Gasteiger partial charge in [-0.1, -0.05) is 38.1 Å². The van der Waals surface area contributed by atoms with E-state index in [1.807, 2.05) is 50.2 Å². The van der Waals surface area contributed by atoms with Gasteiger partial charge in [0.2, 0.25) is 6.79 Å². The van der Waals surface area contributed by atoms with E-state index in [0.717, 1.165) is 17.5 Å². The normalized spacial score (nSPS) is 10.3. The summed E-state index contributed by atoms with van der Waals surface area (Å²) in [6, 6.07) is 12.9. The molecule has 0 saturated heterocycles. The van der Waals surface area contributed by atoms with Crippen LogP contribution in [0, 0.1) is 0 Å². The van der Waals surface area contributed by atoms with Crippen molar-refractivity contribution >= 4 is 5.97 Å². The van der Waals surface area contributed by atoms with Crippen molar-refractivity contribution in [2.75, 3.05) is 6.79 Å². The van der Waals surface area contributed by atoms with Gasteiger partial charge < -0.3 is 14.6 Å². The van der Waals surface area contributed by atoms with E-state index in [-0.39, 0.29) is 12.4 Å². The van der Waals surface area contributed by atoms with Crippen LogP contribution in [-0.2, 0) is 12.8 Å². The fourth-order valence-electron chi connectivity index (χ4n) is 2.22. The van der Waals surface area contributed by atoms with Gasteiger partial charge in [0.05, 0.1) is 0 Å². The highest BCUT2D eigenvalue weighted by molar-refractivity contribution is 5.91. The molecular weight excluding hydrogens is 280 g/mol. The molecule has 0 saturated carbocycles. The molecule has 0 atom stereocenters. The molecule has 2 aromatic rings. The molecule has 0 aromatic heterocycles.